The summed E-state index contributed by atoms with van der Waals surface area (Å²) in [6, 6.07) is 12.9. The van der Waals surface area contributed by atoms with Crippen LogP contribution in [0.1, 0.15) is 42.2 Å². The summed E-state index contributed by atoms with van der Waals surface area (Å²) in [5, 5.41) is 0.847. The van der Waals surface area contributed by atoms with Crippen LogP contribution in [0.15, 0.2) is 58.4 Å². The average Bonchev–Trinajstić information content (AvgIpc) is 3.68. The Morgan fingerprint density at radius 1 is 0.976 bits per heavy atom. The molecule has 3 heterocycles. The number of amides is 2. The lowest BCUT2D eigenvalue weighted by atomic mass is 9.68. The van der Waals surface area contributed by atoms with Crippen LogP contribution in [0, 0.1) is 29.6 Å². The third-order valence-electron chi connectivity index (χ3n) is 9.54. The lowest BCUT2D eigenvalue weighted by molar-refractivity contribution is -0.137. The summed E-state index contributed by atoms with van der Waals surface area (Å²) in [7, 11) is 0. The molecule has 2 saturated carbocycles. The Hall–Kier alpha value is -3.05. The van der Waals surface area contributed by atoms with E-state index in [2.05, 4.69) is 48.0 Å². The Morgan fingerprint density at radius 3 is 2.32 bits per heavy atom. The SMILES string of the molecule is CCN(CC)c1ccc([C@H]2c3sc(=O)[nH]c3SC3C4CC(C5C(=O)N(c6cccc(C(F)(F)F)c6)C(=O)C45)C32)cc1. The molecule has 3 fully saturated rings. The van der Waals surface area contributed by atoms with Crippen molar-refractivity contribution < 1.29 is 22.8 Å². The van der Waals surface area contributed by atoms with Gasteiger partial charge in [-0.05, 0) is 73.9 Å². The molecule has 3 aromatic rings. The first-order chi connectivity index (χ1) is 19.6. The highest BCUT2D eigenvalue weighted by Gasteiger charge is 2.69. The Kier molecular flexibility index (Phi) is 6.21. The number of hydrogen-bond acceptors (Lipinski definition) is 6. The molecule has 6 nitrogen and oxygen atoms in total. The van der Waals surface area contributed by atoms with Crippen molar-refractivity contribution in [2.45, 2.75) is 42.6 Å². The molecule has 0 radical (unpaired) electrons. The third kappa shape index (κ3) is 3.95. The molecule has 7 atom stereocenters. The number of hydrogen-bond donors (Lipinski definition) is 1. The predicted molar refractivity (Wildman–Crippen MR) is 152 cm³/mol. The van der Waals surface area contributed by atoms with Gasteiger partial charge in [0.15, 0.2) is 0 Å². The average molecular weight is 600 g/mol. The van der Waals surface area contributed by atoms with Crippen molar-refractivity contribution in [2.75, 3.05) is 22.9 Å². The van der Waals surface area contributed by atoms with Gasteiger partial charge in [-0.1, -0.05) is 29.5 Å². The van der Waals surface area contributed by atoms with E-state index in [1.165, 1.54) is 23.5 Å². The van der Waals surface area contributed by atoms with Crippen LogP contribution in [0.4, 0.5) is 24.5 Å². The highest BCUT2D eigenvalue weighted by Crippen LogP contribution is 2.68. The van der Waals surface area contributed by atoms with Crippen LogP contribution in [0.3, 0.4) is 0 Å². The van der Waals surface area contributed by atoms with E-state index in [-0.39, 0.29) is 39.5 Å². The zero-order valence-corrected chi connectivity index (χ0v) is 24.0. The van der Waals surface area contributed by atoms with Crippen LogP contribution < -0.4 is 14.7 Å². The molecular weight excluding hydrogens is 571 g/mol. The van der Waals surface area contributed by atoms with Crippen molar-refractivity contribution in [3.63, 3.8) is 0 Å². The van der Waals surface area contributed by atoms with Gasteiger partial charge >= 0.3 is 11.0 Å². The number of aromatic amines is 1. The van der Waals surface area contributed by atoms with Crippen LogP contribution in [0.25, 0.3) is 0 Å². The van der Waals surface area contributed by atoms with E-state index in [9.17, 15) is 27.6 Å². The van der Waals surface area contributed by atoms with E-state index in [1.54, 1.807) is 11.8 Å². The molecule has 4 aliphatic rings. The molecule has 2 bridgehead atoms. The zero-order valence-electron chi connectivity index (χ0n) is 22.4. The van der Waals surface area contributed by atoms with E-state index in [0.29, 0.717) is 0 Å². The first-order valence-electron chi connectivity index (χ1n) is 13.9. The molecule has 41 heavy (non-hydrogen) atoms. The van der Waals surface area contributed by atoms with Crippen molar-refractivity contribution in [1.29, 1.82) is 0 Å². The van der Waals surface area contributed by atoms with Crippen molar-refractivity contribution in [3.8, 4) is 0 Å². The van der Waals surface area contributed by atoms with Gasteiger partial charge in [0.05, 0.1) is 28.1 Å². The van der Waals surface area contributed by atoms with Gasteiger partial charge in [0.25, 0.3) is 0 Å². The normalized spacial score (nSPS) is 30.0. The minimum Gasteiger partial charge on any atom is -0.372 e. The molecule has 214 valence electrons. The Bertz CT molecular complexity index is 1600. The lowest BCUT2D eigenvalue weighted by Gasteiger charge is -2.43. The fourth-order valence-corrected chi connectivity index (χ4v) is 10.8. The number of nitrogens with one attached hydrogen (secondary N) is 1. The lowest BCUT2D eigenvalue weighted by Crippen LogP contribution is -2.42. The van der Waals surface area contributed by atoms with Crippen LogP contribution in [-0.4, -0.2) is 35.1 Å². The maximum absolute atomic E-state index is 13.9. The van der Waals surface area contributed by atoms with Crippen LogP contribution in [-0.2, 0) is 15.8 Å². The topological polar surface area (TPSA) is 73.5 Å². The summed E-state index contributed by atoms with van der Waals surface area (Å²) in [4.78, 5) is 47.2. The summed E-state index contributed by atoms with van der Waals surface area (Å²) in [5.41, 5.74) is 1.28. The van der Waals surface area contributed by atoms with Crippen molar-refractivity contribution in [3.05, 3.63) is 74.2 Å². The number of nitrogens with zero attached hydrogens (tertiary/aromatic N) is 2. The summed E-state index contributed by atoms with van der Waals surface area (Å²) in [6.07, 6.45) is -3.86. The van der Waals surface area contributed by atoms with Gasteiger partial charge in [-0.15, -0.1) is 11.8 Å². The van der Waals surface area contributed by atoms with E-state index in [4.69, 9.17) is 0 Å². The molecule has 11 heteroatoms. The number of benzene rings is 2. The smallest absolute Gasteiger partial charge is 0.372 e. The van der Waals surface area contributed by atoms with Crippen molar-refractivity contribution >= 4 is 46.3 Å². The van der Waals surface area contributed by atoms with Gasteiger partial charge in [0.1, 0.15) is 0 Å². The minimum absolute atomic E-state index is 0.0182. The molecular formula is C30H28F3N3O3S2. The van der Waals surface area contributed by atoms with Gasteiger partial charge in [-0.3, -0.25) is 19.3 Å². The molecule has 0 spiro atoms. The monoisotopic (exact) mass is 599 g/mol. The molecule has 1 saturated heterocycles. The number of alkyl halides is 3. The first kappa shape index (κ1) is 26.8. The minimum atomic E-state index is -4.58. The second-order valence-electron chi connectivity index (χ2n) is 11.3. The summed E-state index contributed by atoms with van der Waals surface area (Å²) < 4.78 is 40.3. The zero-order chi connectivity index (χ0) is 28.8. The number of carbonyl (C=O) groups excluding carboxylic acids is 2. The molecule has 2 amide bonds. The van der Waals surface area contributed by atoms with E-state index in [1.807, 2.05) is 0 Å². The van der Waals surface area contributed by atoms with Gasteiger partial charge in [0, 0.05) is 34.8 Å². The third-order valence-corrected chi connectivity index (χ3v) is 12.1. The number of thioether (sulfide) groups is 1. The fourth-order valence-electron chi connectivity index (χ4n) is 7.95. The number of aromatic nitrogens is 1. The molecule has 2 aliphatic carbocycles. The van der Waals surface area contributed by atoms with Crippen molar-refractivity contribution in [2.24, 2.45) is 29.6 Å². The first-order valence-corrected chi connectivity index (χ1v) is 15.6. The number of halogens is 3. The second kappa shape index (κ2) is 9.49. The summed E-state index contributed by atoms with van der Waals surface area (Å²) >= 11 is 2.80. The maximum atomic E-state index is 13.9. The quantitative estimate of drug-likeness (QED) is 0.366. The fraction of sp³-hybridized carbons (Fsp3) is 0.433. The largest absolute Gasteiger partial charge is 0.416 e. The summed E-state index contributed by atoms with van der Waals surface area (Å²) in [6.45, 7) is 5.99. The Balaban J connectivity index is 1.27. The van der Waals surface area contributed by atoms with Gasteiger partial charge < -0.3 is 9.88 Å². The van der Waals surface area contributed by atoms with E-state index < -0.39 is 35.4 Å². The van der Waals surface area contributed by atoms with Gasteiger partial charge in [-0.25, -0.2) is 0 Å². The summed E-state index contributed by atoms with van der Waals surface area (Å²) in [5.74, 6) is -2.22. The molecule has 1 N–H and O–H groups in total. The van der Waals surface area contributed by atoms with E-state index in [0.717, 1.165) is 57.7 Å². The second-order valence-corrected chi connectivity index (χ2v) is 13.5. The number of anilines is 2. The van der Waals surface area contributed by atoms with Crippen LogP contribution >= 0.6 is 23.1 Å². The van der Waals surface area contributed by atoms with Crippen LogP contribution in [0.2, 0.25) is 0 Å². The van der Waals surface area contributed by atoms with Crippen LogP contribution in [0.5, 0.6) is 0 Å². The highest BCUT2D eigenvalue weighted by molar-refractivity contribution is 8.00. The Morgan fingerprint density at radius 2 is 1.66 bits per heavy atom. The molecule has 2 aliphatic heterocycles. The predicted octanol–water partition coefficient (Wildman–Crippen LogP) is 5.98. The van der Waals surface area contributed by atoms with Crippen molar-refractivity contribution in [1.82, 2.24) is 4.98 Å². The number of fused-ring (bicyclic) bond motifs is 9. The highest BCUT2D eigenvalue weighted by atomic mass is 32.2. The standard InChI is InChI=1S/C30H28F3N3O3S2/c1-3-35(4-2)16-10-8-14(9-11-16)20-21-18-13-19(24(21)40-26-25(20)41-29(39)34-26)23-22(18)27(37)36(28(23)38)17-7-5-6-15(12-17)30(31,32)33/h5-12,18-24H,3-4,13H2,1-2H3,(H,34,39)/t18?,19?,20-,21?,22?,23?,24?/m1/s1. The number of H-pyrrole nitrogens is 1. The number of carbonyl (C=O) groups is 2. The maximum Gasteiger partial charge on any atom is 0.416 e. The van der Waals surface area contributed by atoms with Gasteiger partial charge in [0.2, 0.25) is 11.8 Å². The molecule has 1 aromatic heterocycles. The molecule has 6 unspecified atom stereocenters. The molecule has 2 aromatic carbocycles. The number of rotatable bonds is 5. The number of imide groups is 1. The van der Waals surface area contributed by atoms with Gasteiger partial charge in [-0.2, -0.15) is 13.2 Å². The Labute approximate surface area is 242 Å². The van der Waals surface area contributed by atoms with E-state index >= 15 is 0 Å². The molecule has 7 rings (SSSR count). The number of thiazole rings is 1.